The lowest BCUT2D eigenvalue weighted by Gasteiger charge is -2.04. The van der Waals surface area contributed by atoms with Gasteiger partial charge in [0.2, 0.25) is 0 Å². The lowest BCUT2D eigenvalue weighted by atomic mass is 10.5. The first-order chi connectivity index (χ1) is 11.7. The Bertz CT molecular complexity index is 580. The average molecular weight is 332 g/mol. The van der Waals surface area contributed by atoms with Crippen molar-refractivity contribution in [3.8, 4) is 0 Å². The van der Waals surface area contributed by atoms with Crippen molar-refractivity contribution in [1.29, 1.82) is 0 Å². The van der Waals surface area contributed by atoms with Gasteiger partial charge in [-0.15, -0.1) is 10.9 Å². The monoisotopic (exact) mass is 332 g/mol. The van der Waals surface area contributed by atoms with Crippen molar-refractivity contribution in [3.63, 3.8) is 0 Å². The summed E-state index contributed by atoms with van der Waals surface area (Å²) in [6.07, 6.45) is 6.85. The maximum atomic E-state index is 11.6. The standard InChI is InChI=1S/C16H18N4O4/c21-15(17-19-7-3-1-4-8-19)13-23-11-12-24-14-16(22)18-20-9-5-2-6-10-20/h1-10H,11-14H2/p+2. The van der Waals surface area contributed by atoms with Crippen LogP contribution in [0.3, 0.4) is 0 Å². The van der Waals surface area contributed by atoms with E-state index >= 15 is 0 Å². The molecule has 0 aliphatic rings. The van der Waals surface area contributed by atoms with E-state index in [-0.39, 0.29) is 38.2 Å². The number of carbonyl (C=O) groups excluding carboxylic acids is 2. The number of amides is 2. The molecule has 0 atom stereocenters. The van der Waals surface area contributed by atoms with Crippen LogP contribution in [-0.2, 0) is 19.1 Å². The van der Waals surface area contributed by atoms with Crippen LogP contribution in [0.25, 0.3) is 0 Å². The van der Waals surface area contributed by atoms with Gasteiger partial charge in [0.1, 0.15) is 13.2 Å². The first kappa shape index (κ1) is 17.5. The molecule has 0 saturated heterocycles. The Morgan fingerprint density at radius 1 is 0.667 bits per heavy atom. The average Bonchev–Trinajstić information content (AvgIpc) is 2.60. The number of nitrogens with zero attached hydrogens (tertiary/aromatic N) is 2. The molecule has 2 N–H and O–H groups in total. The summed E-state index contributed by atoms with van der Waals surface area (Å²) >= 11 is 0. The molecule has 0 saturated carbocycles. The van der Waals surface area contributed by atoms with E-state index in [1.807, 2.05) is 12.1 Å². The van der Waals surface area contributed by atoms with E-state index in [9.17, 15) is 9.59 Å². The number of carbonyl (C=O) groups is 2. The molecule has 2 amide bonds. The van der Waals surface area contributed by atoms with E-state index in [4.69, 9.17) is 9.47 Å². The minimum Gasteiger partial charge on any atom is -0.369 e. The second kappa shape index (κ2) is 10.0. The third-order valence-corrected chi connectivity index (χ3v) is 2.78. The highest BCUT2D eigenvalue weighted by atomic mass is 16.5. The first-order valence-electron chi connectivity index (χ1n) is 7.42. The molecule has 0 aromatic carbocycles. The maximum absolute atomic E-state index is 11.6. The summed E-state index contributed by atoms with van der Waals surface area (Å²) < 4.78 is 13.4. The van der Waals surface area contributed by atoms with Crippen LogP contribution in [0.2, 0.25) is 0 Å². The number of nitrogens with one attached hydrogen (secondary N) is 2. The quantitative estimate of drug-likeness (QED) is 0.462. The molecule has 8 heteroatoms. The Morgan fingerprint density at radius 3 is 1.42 bits per heavy atom. The molecule has 0 bridgehead atoms. The van der Waals surface area contributed by atoms with E-state index in [2.05, 4.69) is 10.9 Å². The van der Waals surface area contributed by atoms with Gasteiger partial charge >= 0.3 is 0 Å². The van der Waals surface area contributed by atoms with Crippen molar-refractivity contribution < 1.29 is 28.4 Å². The molecular weight excluding hydrogens is 312 g/mol. The number of pyridine rings is 2. The highest BCUT2D eigenvalue weighted by molar-refractivity contribution is 5.83. The van der Waals surface area contributed by atoms with Crippen LogP contribution in [0.15, 0.2) is 61.2 Å². The largest absolute Gasteiger partial charge is 0.369 e. The third kappa shape index (κ3) is 6.95. The Hall–Kier alpha value is -2.84. The highest BCUT2D eigenvalue weighted by Crippen LogP contribution is 1.81. The Kier molecular flexibility index (Phi) is 7.32. The molecule has 0 aliphatic carbocycles. The van der Waals surface area contributed by atoms with E-state index in [1.54, 1.807) is 49.1 Å². The maximum Gasteiger partial charge on any atom is 0.300 e. The number of ether oxygens (including phenoxy) is 2. The number of rotatable bonds is 9. The second-order valence-electron chi connectivity index (χ2n) is 4.74. The summed E-state index contributed by atoms with van der Waals surface area (Å²) in [4.78, 5) is 23.2. The zero-order valence-corrected chi connectivity index (χ0v) is 13.1. The predicted octanol–water partition coefficient (Wildman–Crippen LogP) is -0.865. The Morgan fingerprint density at radius 2 is 1.04 bits per heavy atom. The van der Waals surface area contributed by atoms with Gasteiger partial charge in [-0.1, -0.05) is 21.5 Å². The molecule has 126 valence electrons. The second-order valence-corrected chi connectivity index (χ2v) is 4.74. The Labute approximate surface area is 139 Å². The molecule has 2 aromatic heterocycles. The normalized spacial score (nSPS) is 10.2. The van der Waals surface area contributed by atoms with Crippen LogP contribution in [0, 0.1) is 0 Å². The van der Waals surface area contributed by atoms with Gasteiger partial charge in [0.05, 0.1) is 13.2 Å². The number of hydrogen-bond donors (Lipinski definition) is 2. The topological polar surface area (TPSA) is 84.4 Å². The molecule has 8 nitrogen and oxygen atoms in total. The van der Waals surface area contributed by atoms with Gasteiger partial charge in [-0.05, 0) is 0 Å². The van der Waals surface area contributed by atoms with Gasteiger partial charge < -0.3 is 9.47 Å². The van der Waals surface area contributed by atoms with E-state index in [0.29, 0.717) is 0 Å². The van der Waals surface area contributed by atoms with Gasteiger partial charge in [-0.3, -0.25) is 9.59 Å². The van der Waals surface area contributed by atoms with Crippen molar-refractivity contribution in [3.05, 3.63) is 61.2 Å². The third-order valence-electron chi connectivity index (χ3n) is 2.78. The lowest BCUT2D eigenvalue weighted by Crippen LogP contribution is -2.49. The Balaban J connectivity index is 1.50. The minimum absolute atomic E-state index is 0.0860. The van der Waals surface area contributed by atoms with Crippen molar-refractivity contribution in [2.24, 2.45) is 0 Å². The van der Waals surface area contributed by atoms with Crippen LogP contribution in [-0.4, -0.2) is 38.2 Å². The molecule has 2 heterocycles. The van der Waals surface area contributed by atoms with E-state index in [1.165, 1.54) is 9.35 Å². The van der Waals surface area contributed by atoms with Crippen LogP contribution < -0.4 is 20.2 Å². The van der Waals surface area contributed by atoms with Gasteiger partial charge in [-0.2, -0.15) is 0 Å². The van der Waals surface area contributed by atoms with Crippen LogP contribution in [0.5, 0.6) is 0 Å². The molecule has 0 spiro atoms. The number of hydrogen-bond acceptors (Lipinski definition) is 4. The first-order valence-corrected chi connectivity index (χ1v) is 7.42. The molecular formula is C16H20N4O4+2. The molecule has 0 aliphatic heterocycles. The van der Waals surface area contributed by atoms with Crippen molar-refractivity contribution in [2.75, 3.05) is 37.3 Å². The van der Waals surface area contributed by atoms with Gasteiger partial charge in [0, 0.05) is 24.3 Å². The molecule has 2 rings (SSSR count). The summed E-state index contributed by atoms with van der Waals surface area (Å²) in [5, 5.41) is 0. The smallest absolute Gasteiger partial charge is 0.300 e. The molecule has 24 heavy (non-hydrogen) atoms. The SMILES string of the molecule is O=C(COCCOCC(=O)N[n+]1ccccc1)N[n+]1ccccc1. The summed E-state index contributed by atoms with van der Waals surface area (Å²) in [5.74, 6) is -0.547. The van der Waals surface area contributed by atoms with Crippen molar-refractivity contribution in [1.82, 2.24) is 0 Å². The zero-order valence-electron chi connectivity index (χ0n) is 13.1. The van der Waals surface area contributed by atoms with Crippen LogP contribution in [0.4, 0.5) is 0 Å². The summed E-state index contributed by atoms with van der Waals surface area (Å²) in [5.41, 5.74) is 5.25. The molecule has 0 radical (unpaired) electrons. The van der Waals surface area contributed by atoms with Crippen LogP contribution >= 0.6 is 0 Å². The summed E-state index contributed by atoms with van der Waals surface area (Å²) in [7, 11) is 0. The fraction of sp³-hybridized carbons (Fsp3) is 0.250. The summed E-state index contributed by atoms with van der Waals surface area (Å²) in [6.45, 7) is 0.270. The minimum atomic E-state index is -0.274. The van der Waals surface area contributed by atoms with E-state index in [0.717, 1.165) is 0 Å². The van der Waals surface area contributed by atoms with Crippen molar-refractivity contribution >= 4 is 11.8 Å². The van der Waals surface area contributed by atoms with E-state index < -0.39 is 0 Å². The molecule has 0 unspecified atom stereocenters. The van der Waals surface area contributed by atoms with Gasteiger partial charge in [-0.25, -0.2) is 0 Å². The molecule has 0 fully saturated rings. The number of aromatic nitrogens is 2. The van der Waals surface area contributed by atoms with Crippen LogP contribution in [0.1, 0.15) is 0 Å². The zero-order chi connectivity index (χ0) is 17.0. The van der Waals surface area contributed by atoms with Gasteiger partial charge in [0.25, 0.3) is 11.8 Å². The lowest BCUT2D eigenvalue weighted by molar-refractivity contribution is -0.642. The predicted molar refractivity (Wildman–Crippen MR) is 83.6 cm³/mol. The fourth-order valence-corrected chi connectivity index (χ4v) is 1.75. The highest BCUT2D eigenvalue weighted by Gasteiger charge is 2.08. The van der Waals surface area contributed by atoms with Gasteiger partial charge in [0.15, 0.2) is 24.8 Å². The fourth-order valence-electron chi connectivity index (χ4n) is 1.75. The summed E-state index contributed by atoms with van der Waals surface area (Å²) in [6, 6.07) is 10.9. The molecule has 2 aromatic rings. The van der Waals surface area contributed by atoms with Crippen molar-refractivity contribution in [2.45, 2.75) is 0 Å².